The third-order valence-electron chi connectivity index (χ3n) is 6.17. The molecule has 190 valence electrons. The van der Waals surface area contributed by atoms with Gasteiger partial charge in [-0.25, -0.2) is 8.42 Å². The van der Waals surface area contributed by atoms with E-state index in [4.69, 9.17) is 23.2 Å². The van der Waals surface area contributed by atoms with Crippen LogP contribution in [0.15, 0.2) is 48.5 Å². The number of halogens is 2. The lowest BCUT2D eigenvalue weighted by Crippen LogP contribution is -2.53. The van der Waals surface area contributed by atoms with Crippen molar-refractivity contribution in [3.05, 3.63) is 64.1 Å². The fourth-order valence-electron chi connectivity index (χ4n) is 4.20. The maximum absolute atomic E-state index is 13.6. The number of rotatable bonds is 9. The summed E-state index contributed by atoms with van der Waals surface area (Å²) in [6.45, 7) is 1.29. The first kappa shape index (κ1) is 27.3. The van der Waals surface area contributed by atoms with E-state index in [9.17, 15) is 18.0 Å². The number of benzene rings is 2. The van der Waals surface area contributed by atoms with Crippen molar-refractivity contribution in [2.45, 2.75) is 57.7 Å². The second-order valence-electron chi connectivity index (χ2n) is 8.89. The summed E-state index contributed by atoms with van der Waals surface area (Å²) in [4.78, 5) is 28.1. The van der Waals surface area contributed by atoms with Gasteiger partial charge in [-0.1, -0.05) is 72.8 Å². The van der Waals surface area contributed by atoms with E-state index in [1.54, 1.807) is 6.92 Å². The standard InChI is InChI=1S/C25H31Cl2N3O4S/c1-18(25(32)28-21-11-7-4-8-12-21)29(16-19-9-5-3-6-10-19)24(31)17-30(35(2,33)34)23-15-20(26)13-14-22(23)27/h3,5-6,9-10,13-15,18,21H,4,7-8,11-12,16-17H2,1-2H3,(H,28,32)/t18-/m0/s1. The van der Waals surface area contributed by atoms with Crippen molar-refractivity contribution in [1.82, 2.24) is 10.2 Å². The predicted octanol–water partition coefficient (Wildman–Crippen LogP) is 4.63. The third kappa shape index (κ3) is 7.59. The zero-order valence-corrected chi connectivity index (χ0v) is 22.2. The first-order chi connectivity index (χ1) is 16.6. The van der Waals surface area contributed by atoms with E-state index in [0.717, 1.165) is 48.2 Å². The van der Waals surface area contributed by atoms with E-state index in [1.165, 1.54) is 23.1 Å². The van der Waals surface area contributed by atoms with Gasteiger partial charge in [0.15, 0.2) is 0 Å². The molecule has 0 aliphatic heterocycles. The molecular formula is C25H31Cl2N3O4S. The molecule has 1 aliphatic carbocycles. The Morgan fingerprint density at radius 1 is 1.06 bits per heavy atom. The molecule has 0 heterocycles. The zero-order valence-electron chi connectivity index (χ0n) is 19.9. The Hall–Kier alpha value is -2.29. The number of sulfonamides is 1. The van der Waals surface area contributed by atoms with Crippen molar-refractivity contribution >= 4 is 50.7 Å². The van der Waals surface area contributed by atoms with Gasteiger partial charge in [0, 0.05) is 17.6 Å². The quantitative estimate of drug-likeness (QED) is 0.503. The molecule has 1 aliphatic rings. The second kappa shape index (κ2) is 12.1. The van der Waals surface area contributed by atoms with E-state index in [1.807, 2.05) is 30.3 Å². The highest BCUT2D eigenvalue weighted by Crippen LogP contribution is 2.31. The Labute approximate surface area is 217 Å². The molecule has 0 bridgehead atoms. The van der Waals surface area contributed by atoms with Gasteiger partial charge in [-0.3, -0.25) is 13.9 Å². The highest BCUT2D eigenvalue weighted by molar-refractivity contribution is 7.92. The molecule has 1 N–H and O–H groups in total. The highest BCUT2D eigenvalue weighted by atomic mass is 35.5. The van der Waals surface area contributed by atoms with E-state index in [0.29, 0.717) is 0 Å². The summed E-state index contributed by atoms with van der Waals surface area (Å²) in [5, 5.41) is 3.50. The number of carbonyl (C=O) groups is 2. The molecule has 0 radical (unpaired) electrons. The van der Waals surface area contributed by atoms with E-state index in [-0.39, 0.29) is 34.2 Å². The summed E-state index contributed by atoms with van der Waals surface area (Å²) in [5.41, 5.74) is 0.929. The fraction of sp³-hybridized carbons (Fsp3) is 0.440. The molecule has 35 heavy (non-hydrogen) atoms. The number of anilines is 1. The number of carbonyl (C=O) groups excluding carboxylic acids is 2. The molecule has 10 heteroatoms. The van der Waals surface area contributed by atoms with Gasteiger partial charge in [0.1, 0.15) is 12.6 Å². The van der Waals surface area contributed by atoms with Gasteiger partial charge >= 0.3 is 0 Å². The van der Waals surface area contributed by atoms with Gasteiger partial charge in [0.05, 0.1) is 17.0 Å². The Balaban J connectivity index is 1.88. The smallest absolute Gasteiger partial charge is 0.244 e. The summed E-state index contributed by atoms with van der Waals surface area (Å²) in [6, 6.07) is 13.0. The van der Waals surface area contributed by atoms with E-state index >= 15 is 0 Å². The van der Waals surface area contributed by atoms with Crippen molar-refractivity contribution in [2.24, 2.45) is 0 Å². The van der Waals surface area contributed by atoms with Crippen molar-refractivity contribution < 1.29 is 18.0 Å². The highest BCUT2D eigenvalue weighted by Gasteiger charge is 2.31. The van der Waals surface area contributed by atoms with Crippen LogP contribution in [0.4, 0.5) is 5.69 Å². The number of hydrogen-bond donors (Lipinski definition) is 1. The predicted molar refractivity (Wildman–Crippen MR) is 140 cm³/mol. The van der Waals surface area contributed by atoms with Gasteiger partial charge in [-0.2, -0.15) is 0 Å². The molecule has 2 aromatic rings. The van der Waals surface area contributed by atoms with Gasteiger partial charge in [-0.05, 0) is 43.5 Å². The lowest BCUT2D eigenvalue weighted by Gasteiger charge is -2.33. The minimum atomic E-state index is -3.89. The number of amides is 2. The maximum atomic E-state index is 13.6. The van der Waals surface area contributed by atoms with Crippen LogP contribution in [0.5, 0.6) is 0 Å². The summed E-state index contributed by atoms with van der Waals surface area (Å²) in [5.74, 6) is -0.783. The van der Waals surface area contributed by atoms with Gasteiger partial charge in [0.2, 0.25) is 21.8 Å². The molecule has 1 fully saturated rings. The number of nitrogens with zero attached hydrogens (tertiary/aromatic N) is 2. The Kier molecular flexibility index (Phi) is 9.44. The van der Waals surface area contributed by atoms with E-state index < -0.39 is 28.5 Å². The Bertz CT molecular complexity index is 1140. The second-order valence-corrected chi connectivity index (χ2v) is 11.6. The molecule has 0 aromatic heterocycles. The van der Waals surface area contributed by atoms with Crippen molar-refractivity contribution in [2.75, 3.05) is 17.1 Å². The van der Waals surface area contributed by atoms with Crippen LogP contribution >= 0.6 is 23.2 Å². The van der Waals surface area contributed by atoms with Crippen molar-refractivity contribution in [3.8, 4) is 0 Å². The third-order valence-corrected chi connectivity index (χ3v) is 7.85. The van der Waals surface area contributed by atoms with Gasteiger partial charge in [-0.15, -0.1) is 0 Å². The van der Waals surface area contributed by atoms with Crippen LogP contribution in [0.2, 0.25) is 10.0 Å². The summed E-state index contributed by atoms with van der Waals surface area (Å²) < 4.78 is 26.2. The molecule has 2 aromatic carbocycles. The van der Waals surface area contributed by atoms with Crippen molar-refractivity contribution in [1.29, 1.82) is 0 Å². The Morgan fingerprint density at radius 3 is 2.34 bits per heavy atom. The maximum Gasteiger partial charge on any atom is 0.244 e. The van der Waals surface area contributed by atoms with Gasteiger partial charge in [0.25, 0.3) is 0 Å². The van der Waals surface area contributed by atoms with Crippen LogP contribution in [0, 0.1) is 0 Å². The Morgan fingerprint density at radius 2 is 1.71 bits per heavy atom. The van der Waals surface area contributed by atoms with Crippen molar-refractivity contribution in [3.63, 3.8) is 0 Å². The molecule has 0 saturated heterocycles. The average Bonchev–Trinajstić information content (AvgIpc) is 2.82. The minimum Gasteiger partial charge on any atom is -0.352 e. The van der Waals surface area contributed by atoms with Crippen LogP contribution in [0.25, 0.3) is 0 Å². The van der Waals surface area contributed by atoms with Gasteiger partial charge < -0.3 is 10.2 Å². The summed E-state index contributed by atoms with van der Waals surface area (Å²) in [6.07, 6.45) is 6.12. The van der Waals surface area contributed by atoms with Crippen LogP contribution in [-0.2, 0) is 26.2 Å². The first-order valence-corrected chi connectivity index (χ1v) is 14.2. The topological polar surface area (TPSA) is 86.8 Å². The molecular weight excluding hydrogens is 509 g/mol. The summed E-state index contributed by atoms with van der Waals surface area (Å²) in [7, 11) is -3.89. The molecule has 1 saturated carbocycles. The normalized spacial score (nSPS) is 15.3. The molecule has 0 spiro atoms. The molecule has 2 amide bonds. The lowest BCUT2D eigenvalue weighted by atomic mass is 9.95. The molecule has 1 atom stereocenters. The number of hydrogen-bond acceptors (Lipinski definition) is 4. The summed E-state index contributed by atoms with van der Waals surface area (Å²) >= 11 is 12.3. The first-order valence-electron chi connectivity index (χ1n) is 11.6. The lowest BCUT2D eigenvalue weighted by molar-refractivity contribution is -0.139. The zero-order chi connectivity index (χ0) is 25.6. The molecule has 3 rings (SSSR count). The van der Waals surface area contributed by atoms with E-state index in [2.05, 4.69) is 5.32 Å². The van der Waals surface area contributed by atoms with Crippen LogP contribution in [0.1, 0.15) is 44.6 Å². The average molecular weight is 541 g/mol. The monoisotopic (exact) mass is 539 g/mol. The fourth-order valence-corrected chi connectivity index (χ4v) is 5.49. The van der Waals surface area contributed by atoms with Crippen LogP contribution in [0.3, 0.4) is 0 Å². The minimum absolute atomic E-state index is 0.0881. The largest absolute Gasteiger partial charge is 0.352 e. The van der Waals surface area contributed by atoms with Crippen LogP contribution in [-0.4, -0.2) is 50.0 Å². The molecule has 0 unspecified atom stereocenters. The SMILES string of the molecule is C[C@@H](C(=O)NC1CCCCC1)N(Cc1ccccc1)C(=O)CN(c1cc(Cl)ccc1Cl)S(C)(=O)=O. The number of nitrogens with one attached hydrogen (secondary N) is 1. The van der Waals surface area contributed by atoms with Crippen LogP contribution < -0.4 is 9.62 Å². The molecule has 7 nitrogen and oxygen atoms in total.